The van der Waals surface area contributed by atoms with Crippen molar-refractivity contribution in [3.05, 3.63) is 52.7 Å². The molecule has 0 radical (unpaired) electrons. The van der Waals surface area contributed by atoms with Gasteiger partial charge >= 0.3 is 0 Å². The first kappa shape index (κ1) is 20.7. The SMILES string of the molecule is N#Cc1ccc(-c2csc(NC(=O)C3CCN(S(=O)(=O)c4cccs4)CC3)n2)cc1. The Hall–Kier alpha value is -2.58. The standard InChI is InChI=1S/C20H18N4O3S3/c21-12-14-3-5-15(6-4-14)17-13-29-20(22-17)23-19(25)16-7-9-24(10-8-16)30(26,27)18-2-1-11-28-18/h1-6,11,13,16H,7-10H2,(H,22,23,25). The maximum atomic E-state index is 12.6. The first-order chi connectivity index (χ1) is 14.5. The molecule has 10 heteroatoms. The monoisotopic (exact) mass is 458 g/mol. The van der Waals surface area contributed by atoms with Crippen molar-refractivity contribution in [3.63, 3.8) is 0 Å². The van der Waals surface area contributed by atoms with E-state index < -0.39 is 10.0 Å². The summed E-state index contributed by atoms with van der Waals surface area (Å²) in [6.07, 6.45) is 0.953. The van der Waals surface area contributed by atoms with Crippen LogP contribution >= 0.6 is 22.7 Å². The molecule has 2 aromatic heterocycles. The summed E-state index contributed by atoms with van der Waals surface area (Å²) in [5.41, 5.74) is 2.18. The van der Waals surface area contributed by atoms with E-state index in [-0.39, 0.29) is 11.8 Å². The van der Waals surface area contributed by atoms with Crippen molar-refractivity contribution in [1.82, 2.24) is 9.29 Å². The third-order valence-electron chi connectivity index (χ3n) is 4.96. The highest BCUT2D eigenvalue weighted by Crippen LogP contribution is 2.29. The summed E-state index contributed by atoms with van der Waals surface area (Å²) in [6.45, 7) is 0.652. The molecule has 0 aliphatic carbocycles. The van der Waals surface area contributed by atoms with Crippen molar-refractivity contribution in [2.24, 2.45) is 5.92 Å². The van der Waals surface area contributed by atoms with Crippen molar-refractivity contribution in [1.29, 1.82) is 5.26 Å². The molecule has 1 aliphatic rings. The number of nitrogens with one attached hydrogen (secondary N) is 1. The van der Waals surface area contributed by atoms with Gasteiger partial charge in [-0.25, -0.2) is 13.4 Å². The van der Waals surface area contributed by atoms with E-state index in [9.17, 15) is 13.2 Å². The molecule has 3 aromatic rings. The molecule has 1 saturated heterocycles. The molecule has 4 rings (SSSR count). The molecule has 1 aromatic carbocycles. The van der Waals surface area contributed by atoms with Gasteiger partial charge in [0.1, 0.15) is 4.21 Å². The lowest BCUT2D eigenvalue weighted by molar-refractivity contribution is -0.120. The fourth-order valence-corrected chi connectivity index (χ4v) is 6.62. The van der Waals surface area contributed by atoms with Crippen LogP contribution in [0.15, 0.2) is 51.4 Å². The van der Waals surface area contributed by atoms with E-state index in [0.29, 0.717) is 40.8 Å². The Labute approximate surface area is 182 Å². The normalized spacial score (nSPS) is 15.6. The molecule has 30 heavy (non-hydrogen) atoms. The molecule has 1 fully saturated rings. The van der Waals surface area contributed by atoms with Gasteiger partial charge in [-0.15, -0.1) is 22.7 Å². The second-order valence-electron chi connectivity index (χ2n) is 6.83. The smallest absolute Gasteiger partial charge is 0.252 e. The Kier molecular flexibility index (Phi) is 5.97. The molecular formula is C20H18N4O3S3. The van der Waals surface area contributed by atoms with Crippen LogP contribution in [0.1, 0.15) is 18.4 Å². The van der Waals surface area contributed by atoms with E-state index in [2.05, 4.69) is 16.4 Å². The van der Waals surface area contributed by atoms with Crippen molar-refractivity contribution < 1.29 is 13.2 Å². The molecule has 0 unspecified atom stereocenters. The number of rotatable bonds is 5. The number of hydrogen-bond acceptors (Lipinski definition) is 7. The van der Waals surface area contributed by atoms with Crippen LogP contribution in [0.2, 0.25) is 0 Å². The van der Waals surface area contributed by atoms with E-state index in [1.807, 2.05) is 17.5 Å². The molecule has 0 saturated carbocycles. The minimum absolute atomic E-state index is 0.135. The predicted octanol–water partition coefficient (Wildman–Crippen LogP) is 3.78. The quantitative estimate of drug-likeness (QED) is 0.627. The van der Waals surface area contributed by atoms with Crippen LogP contribution in [-0.2, 0) is 14.8 Å². The zero-order chi connectivity index (χ0) is 21.1. The molecular weight excluding hydrogens is 440 g/mol. The van der Waals surface area contributed by atoms with Crippen molar-refractivity contribution in [2.75, 3.05) is 18.4 Å². The van der Waals surface area contributed by atoms with Crippen molar-refractivity contribution >= 4 is 43.7 Å². The summed E-state index contributed by atoms with van der Waals surface area (Å²) in [5.74, 6) is -0.383. The lowest BCUT2D eigenvalue weighted by Crippen LogP contribution is -2.41. The molecule has 0 spiro atoms. The molecule has 1 N–H and O–H groups in total. The highest BCUT2D eigenvalue weighted by atomic mass is 32.2. The largest absolute Gasteiger partial charge is 0.302 e. The van der Waals surface area contributed by atoms with Gasteiger partial charge in [0.2, 0.25) is 5.91 Å². The maximum Gasteiger partial charge on any atom is 0.252 e. The average molecular weight is 459 g/mol. The van der Waals surface area contributed by atoms with Crippen LogP contribution in [0.5, 0.6) is 0 Å². The van der Waals surface area contributed by atoms with Gasteiger partial charge in [-0.1, -0.05) is 18.2 Å². The maximum absolute atomic E-state index is 12.6. The fraction of sp³-hybridized carbons (Fsp3) is 0.250. The van der Waals surface area contributed by atoms with Crippen LogP contribution in [0, 0.1) is 17.2 Å². The first-order valence-electron chi connectivity index (χ1n) is 9.28. The van der Waals surface area contributed by atoms with E-state index in [1.54, 1.807) is 29.6 Å². The summed E-state index contributed by atoms with van der Waals surface area (Å²) < 4.78 is 27.0. The molecule has 3 heterocycles. The predicted molar refractivity (Wildman–Crippen MR) is 117 cm³/mol. The Morgan fingerprint density at radius 3 is 2.53 bits per heavy atom. The Bertz CT molecular complexity index is 1170. The van der Waals surface area contributed by atoms with Gasteiger partial charge in [0.05, 0.1) is 17.3 Å². The van der Waals surface area contributed by atoms with Crippen LogP contribution in [0.25, 0.3) is 11.3 Å². The number of anilines is 1. The minimum Gasteiger partial charge on any atom is -0.302 e. The number of piperidine rings is 1. The van der Waals surface area contributed by atoms with E-state index in [4.69, 9.17) is 5.26 Å². The highest BCUT2D eigenvalue weighted by molar-refractivity contribution is 7.91. The van der Waals surface area contributed by atoms with Gasteiger partial charge in [-0.2, -0.15) is 9.57 Å². The number of aromatic nitrogens is 1. The Balaban J connectivity index is 1.35. The number of thiophene rings is 1. The number of carbonyl (C=O) groups excluding carboxylic acids is 1. The molecule has 1 aliphatic heterocycles. The summed E-state index contributed by atoms with van der Waals surface area (Å²) in [6, 6.07) is 12.5. The van der Waals surface area contributed by atoms with Crippen LogP contribution in [0.4, 0.5) is 5.13 Å². The van der Waals surface area contributed by atoms with Gasteiger partial charge in [0.15, 0.2) is 5.13 Å². The molecule has 0 bridgehead atoms. The summed E-state index contributed by atoms with van der Waals surface area (Å²) in [4.78, 5) is 17.1. The van der Waals surface area contributed by atoms with Crippen molar-refractivity contribution in [3.8, 4) is 17.3 Å². The van der Waals surface area contributed by atoms with E-state index in [0.717, 1.165) is 11.3 Å². The third kappa shape index (κ3) is 4.29. The van der Waals surface area contributed by atoms with Crippen LogP contribution in [-0.4, -0.2) is 36.7 Å². The molecule has 1 amide bonds. The number of benzene rings is 1. The second-order valence-corrected chi connectivity index (χ2v) is 10.8. The zero-order valence-corrected chi connectivity index (χ0v) is 18.3. The number of amides is 1. The van der Waals surface area contributed by atoms with E-state index >= 15 is 0 Å². The lowest BCUT2D eigenvalue weighted by atomic mass is 9.97. The van der Waals surface area contributed by atoms with Gasteiger partial charge in [-0.05, 0) is 36.4 Å². The topological polar surface area (TPSA) is 103 Å². The zero-order valence-electron chi connectivity index (χ0n) is 15.8. The lowest BCUT2D eigenvalue weighted by Gasteiger charge is -2.29. The fourth-order valence-electron chi connectivity index (χ4n) is 3.28. The summed E-state index contributed by atoms with van der Waals surface area (Å²) in [7, 11) is -3.47. The number of hydrogen-bond donors (Lipinski definition) is 1. The molecule has 0 atom stereocenters. The number of sulfonamides is 1. The van der Waals surface area contributed by atoms with Crippen LogP contribution < -0.4 is 5.32 Å². The number of nitrogens with zero attached hydrogens (tertiary/aromatic N) is 3. The Morgan fingerprint density at radius 1 is 1.17 bits per heavy atom. The highest BCUT2D eigenvalue weighted by Gasteiger charge is 2.32. The summed E-state index contributed by atoms with van der Waals surface area (Å²) in [5, 5.41) is 15.8. The number of carbonyl (C=O) groups is 1. The van der Waals surface area contributed by atoms with Gasteiger partial charge in [-0.3, -0.25) is 4.79 Å². The Morgan fingerprint density at radius 2 is 1.90 bits per heavy atom. The third-order valence-corrected chi connectivity index (χ3v) is 8.99. The van der Waals surface area contributed by atoms with Gasteiger partial charge < -0.3 is 5.32 Å². The summed E-state index contributed by atoms with van der Waals surface area (Å²) >= 11 is 2.54. The number of thiazole rings is 1. The molecule has 7 nitrogen and oxygen atoms in total. The van der Waals surface area contributed by atoms with E-state index in [1.165, 1.54) is 27.0 Å². The minimum atomic E-state index is -3.47. The number of nitriles is 1. The average Bonchev–Trinajstić information content (AvgIpc) is 3.47. The van der Waals surface area contributed by atoms with Gasteiger partial charge in [0, 0.05) is 30.0 Å². The molecule has 154 valence electrons. The van der Waals surface area contributed by atoms with Crippen molar-refractivity contribution in [2.45, 2.75) is 17.1 Å². The van der Waals surface area contributed by atoms with Crippen LogP contribution in [0.3, 0.4) is 0 Å². The first-order valence-corrected chi connectivity index (χ1v) is 12.5. The van der Waals surface area contributed by atoms with Gasteiger partial charge in [0.25, 0.3) is 10.0 Å². The second kappa shape index (κ2) is 8.65.